The summed E-state index contributed by atoms with van der Waals surface area (Å²) in [7, 11) is 0. The van der Waals surface area contributed by atoms with Gasteiger partial charge < -0.3 is 23.0 Å². The van der Waals surface area contributed by atoms with Crippen molar-refractivity contribution in [3.05, 3.63) is 99.6 Å². The molecule has 0 spiro atoms. The standard InChI is InChI=1S/C27H17ClO8/c1-2-32-26(30)15-3-6-18(7-4-15)34-24-14-33-22-13-19(8-9-20(22)25(24)29)35-27(31)23-12-16-11-17(28)5-10-21(16)36-23/h3-14H,2H2,1H3. The Balaban J connectivity index is 1.34. The number of esters is 2. The van der Waals surface area contributed by atoms with Crippen LogP contribution in [0.4, 0.5) is 0 Å². The molecule has 2 heterocycles. The Kier molecular flexibility index (Phi) is 6.18. The minimum absolute atomic E-state index is 0.00605. The van der Waals surface area contributed by atoms with Crippen LogP contribution in [0, 0.1) is 0 Å². The first-order valence-electron chi connectivity index (χ1n) is 10.8. The minimum Gasteiger partial charge on any atom is -0.462 e. The van der Waals surface area contributed by atoms with Crippen molar-refractivity contribution >= 4 is 45.5 Å². The van der Waals surface area contributed by atoms with Crippen molar-refractivity contribution in [1.82, 2.24) is 0 Å². The molecule has 0 aliphatic rings. The number of furan rings is 1. The van der Waals surface area contributed by atoms with Gasteiger partial charge in [-0.05, 0) is 67.6 Å². The summed E-state index contributed by atoms with van der Waals surface area (Å²) < 4.78 is 27.0. The molecule has 0 aliphatic carbocycles. The summed E-state index contributed by atoms with van der Waals surface area (Å²) in [6, 6.07) is 17.1. The van der Waals surface area contributed by atoms with E-state index in [0.717, 1.165) is 0 Å². The van der Waals surface area contributed by atoms with Crippen molar-refractivity contribution in [3.8, 4) is 17.2 Å². The molecule has 0 saturated heterocycles. The smallest absolute Gasteiger partial charge is 0.379 e. The maximum absolute atomic E-state index is 12.9. The van der Waals surface area contributed by atoms with Crippen LogP contribution in [-0.4, -0.2) is 18.5 Å². The fraction of sp³-hybridized carbons (Fsp3) is 0.0741. The van der Waals surface area contributed by atoms with Gasteiger partial charge in [-0.3, -0.25) is 4.79 Å². The number of fused-ring (bicyclic) bond motifs is 2. The first kappa shape index (κ1) is 23.2. The summed E-state index contributed by atoms with van der Waals surface area (Å²) in [4.78, 5) is 37.2. The Morgan fingerprint density at radius 2 is 1.67 bits per heavy atom. The van der Waals surface area contributed by atoms with Crippen LogP contribution in [0.5, 0.6) is 17.2 Å². The number of rotatable bonds is 6. The van der Waals surface area contributed by atoms with Gasteiger partial charge in [-0.25, -0.2) is 9.59 Å². The average Bonchev–Trinajstić information content (AvgIpc) is 3.30. The van der Waals surface area contributed by atoms with Gasteiger partial charge in [0.15, 0.2) is 0 Å². The Bertz CT molecular complexity index is 1660. The van der Waals surface area contributed by atoms with Gasteiger partial charge in [0, 0.05) is 16.5 Å². The summed E-state index contributed by atoms with van der Waals surface area (Å²) in [5.74, 6) is -0.695. The summed E-state index contributed by atoms with van der Waals surface area (Å²) in [5, 5.41) is 1.42. The van der Waals surface area contributed by atoms with Crippen LogP contribution < -0.4 is 14.9 Å². The molecule has 0 N–H and O–H groups in total. The van der Waals surface area contributed by atoms with Crippen LogP contribution in [0.2, 0.25) is 5.02 Å². The Hall–Kier alpha value is -4.56. The number of ether oxygens (including phenoxy) is 3. The second-order valence-corrected chi connectivity index (χ2v) is 8.05. The third-order valence-corrected chi connectivity index (χ3v) is 5.43. The highest BCUT2D eigenvalue weighted by Crippen LogP contribution is 2.27. The fourth-order valence-electron chi connectivity index (χ4n) is 3.50. The summed E-state index contributed by atoms with van der Waals surface area (Å²) >= 11 is 5.97. The number of halogens is 1. The molecular formula is C27H17ClO8. The molecule has 3 aromatic carbocycles. The highest BCUT2D eigenvalue weighted by Gasteiger charge is 2.17. The molecule has 180 valence electrons. The van der Waals surface area contributed by atoms with Crippen molar-refractivity contribution in [2.45, 2.75) is 6.92 Å². The van der Waals surface area contributed by atoms with Crippen molar-refractivity contribution in [2.24, 2.45) is 0 Å². The molecule has 0 fully saturated rings. The van der Waals surface area contributed by atoms with E-state index in [2.05, 4.69) is 0 Å². The van der Waals surface area contributed by atoms with Gasteiger partial charge in [-0.15, -0.1) is 0 Å². The van der Waals surface area contributed by atoms with Crippen LogP contribution in [-0.2, 0) is 4.74 Å². The predicted molar refractivity (Wildman–Crippen MR) is 131 cm³/mol. The molecule has 0 aliphatic heterocycles. The quantitative estimate of drug-likeness (QED) is 0.194. The number of hydrogen-bond donors (Lipinski definition) is 0. The highest BCUT2D eigenvalue weighted by molar-refractivity contribution is 6.31. The molecule has 9 heteroatoms. The monoisotopic (exact) mass is 504 g/mol. The summed E-state index contributed by atoms with van der Waals surface area (Å²) in [6.45, 7) is 1.99. The van der Waals surface area contributed by atoms with E-state index in [0.29, 0.717) is 27.3 Å². The Morgan fingerprint density at radius 1 is 0.889 bits per heavy atom. The van der Waals surface area contributed by atoms with Crippen LogP contribution >= 0.6 is 11.6 Å². The third kappa shape index (κ3) is 4.67. The number of benzene rings is 3. The first-order valence-corrected chi connectivity index (χ1v) is 11.2. The topological polar surface area (TPSA) is 105 Å². The lowest BCUT2D eigenvalue weighted by Gasteiger charge is -2.07. The van der Waals surface area contributed by atoms with Crippen molar-refractivity contribution in [2.75, 3.05) is 6.61 Å². The van der Waals surface area contributed by atoms with Gasteiger partial charge in [-0.1, -0.05) is 11.6 Å². The summed E-state index contributed by atoms with van der Waals surface area (Å²) in [6.07, 6.45) is 1.17. The molecular weight excluding hydrogens is 488 g/mol. The zero-order valence-corrected chi connectivity index (χ0v) is 19.5. The SMILES string of the molecule is CCOC(=O)c1ccc(Oc2coc3cc(OC(=O)c4cc5cc(Cl)ccc5o4)ccc3c2=O)cc1. The zero-order chi connectivity index (χ0) is 25.2. The molecule has 0 amide bonds. The summed E-state index contributed by atoms with van der Waals surface area (Å²) in [5.41, 5.74) is 0.645. The Labute approximate surface area is 208 Å². The van der Waals surface area contributed by atoms with Gasteiger partial charge in [-0.2, -0.15) is 0 Å². The lowest BCUT2D eigenvalue weighted by Crippen LogP contribution is -2.08. The van der Waals surface area contributed by atoms with Crippen molar-refractivity contribution < 1.29 is 32.6 Å². The molecule has 0 radical (unpaired) electrons. The normalized spacial score (nSPS) is 10.9. The molecule has 36 heavy (non-hydrogen) atoms. The van der Waals surface area contributed by atoms with E-state index in [1.165, 1.54) is 42.7 Å². The van der Waals surface area contributed by atoms with Gasteiger partial charge >= 0.3 is 11.9 Å². The predicted octanol–water partition coefficient (Wildman–Crippen LogP) is 6.38. The number of carbonyl (C=O) groups is 2. The number of carbonyl (C=O) groups excluding carboxylic acids is 2. The van der Waals surface area contributed by atoms with Gasteiger partial charge in [0.25, 0.3) is 0 Å². The van der Waals surface area contributed by atoms with E-state index < -0.39 is 17.4 Å². The first-order chi connectivity index (χ1) is 17.4. The van der Waals surface area contributed by atoms with E-state index in [-0.39, 0.29) is 34.8 Å². The van der Waals surface area contributed by atoms with Gasteiger partial charge in [0.2, 0.25) is 16.9 Å². The molecule has 0 unspecified atom stereocenters. The molecule has 0 saturated carbocycles. The van der Waals surface area contributed by atoms with E-state index >= 15 is 0 Å². The lowest BCUT2D eigenvalue weighted by molar-refractivity contribution is 0.0526. The molecule has 5 rings (SSSR count). The van der Waals surface area contributed by atoms with Crippen LogP contribution in [0.25, 0.3) is 21.9 Å². The molecule has 0 atom stereocenters. The largest absolute Gasteiger partial charge is 0.462 e. The van der Waals surface area contributed by atoms with E-state index in [9.17, 15) is 14.4 Å². The molecule has 2 aromatic heterocycles. The number of hydrogen-bond acceptors (Lipinski definition) is 8. The second kappa shape index (κ2) is 9.59. The third-order valence-electron chi connectivity index (χ3n) is 5.20. The molecule has 0 bridgehead atoms. The van der Waals surface area contributed by atoms with Gasteiger partial charge in [0.05, 0.1) is 17.6 Å². The fourth-order valence-corrected chi connectivity index (χ4v) is 3.68. The van der Waals surface area contributed by atoms with Crippen LogP contribution in [0.1, 0.15) is 27.8 Å². The molecule has 8 nitrogen and oxygen atoms in total. The lowest BCUT2D eigenvalue weighted by atomic mass is 10.2. The highest BCUT2D eigenvalue weighted by atomic mass is 35.5. The second-order valence-electron chi connectivity index (χ2n) is 7.62. The maximum Gasteiger partial charge on any atom is 0.379 e. The Morgan fingerprint density at radius 3 is 2.44 bits per heavy atom. The van der Waals surface area contributed by atoms with E-state index in [1.54, 1.807) is 37.3 Å². The minimum atomic E-state index is -0.713. The van der Waals surface area contributed by atoms with Crippen molar-refractivity contribution in [1.29, 1.82) is 0 Å². The van der Waals surface area contributed by atoms with Crippen molar-refractivity contribution in [3.63, 3.8) is 0 Å². The van der Waals surface area contributed by atoms with E-state index in [1.807, 2.05) is 0 Å². The maximum atomic E-state index is 12.9. The van der Waals surface area contributed by atoms with E-state index in [4.69, 9.17) is 34.6 Å². The molecule has 5 aromatic rings. The van der Waals surface area contributed by atoms with Crippen LogP contribution in [0.15, 0.2) is 86.6 Å². The van der Waals surface area contributed by atoms with Gasteiger partial charge in [0.1, 0.15) is 28.9 Å². The average molecular weight is 505 g/mol. The zero-order valence-electron chi connectivity index (χ0n) is 18.8. The van der Waals surface area contributed by atoms with Crippen LogP contribution in [0.3, 0.4) is 0 Å².